The Morgan fingerprint density at radius 2 is 1.59 bits per heavy atom. The normalized spacial score (nSPS) is 22.1. The number of rotatable bonds is 14. The van der Waals surface area contributed by atoms with Gasteiger partial charge in [-0.1, -0.05) is 74.8 Å². The first-order valence-electron chi connectivity index (χ1n) is 17.4. The SMILES string of the molecule is C=CCNC(=O)C(=O)C(CCC)NC(=O)[C@@H]1C[C@@H](C(C)C)CN1C(=O)[C@@H](NC(=O)N[C@H](CN1CCCN(C)S1(=O)=O)C(C)(C)C)C(C)(C)C. The second kappa shape index (κ2) is 17.3. The van der Waals surface area contributed by atoms with Crippen molar-refractivity contribution < 1.29 is 32.4 Å². The predicted molar refractivity (Wildman–Crippen MR) is 189 cm³/mol. The van der Waals surface area contributed by atoms with E-state index in [9.17, 15) is 32.4 Å². The number of Topliss-reactive ketones (excluding diaryl/α,β-unsaturated/α-hetero) is 1. The lowest BCUT2D eigenvalue weighted by Gasteiger charge is -2.40. The molecule has 15 heteroatoms. The molecule has 0 aromatic rings. The summed E-state index contributed by atoms with van der Waals surface area (Å²) in [5.74, 6) is -2.43. The molecule has 0 aliphatic carbocycles. The number of carbonyl (C=O) groups excluding carboxylic acids is 5. The maximum atomic E-state index is 14.4. The molecule has 2 heterocycles. The number of nitrogens with zero attached hydrogens (tertiary/aromatic N) is 3. The third-order valence-corrected chi connectivity index (χ3v) is 11.4. The number of hydrogen-bond donors (Lipinski definition) is 4. The zero-order valence-corrected chi connectivity index (χ0v) is 32.0. The van der Waals surface area contributed by atoms with E-state index in [1.807, 2.05) is 62.3 Å². The number of hydrogen-bond acceptors (Lipinski definition) is 7. The van der Waals surface area contributed by atoms with Crippen molar-refractivity contribution in [2.24, 2.45) is 22.7 Å². The third-order valence-electron chi connectivity index (χ3n) is 9.43. The van der Waals surface area contributed by atoms with Crippen molar-refractivity contribution in [3.8, 4) is 0 Å². The van der Waals surface area contributed by atoms with Gasteiger partial charge in [-0.15, -0.1) is 6.58 Å². The largest absolute Gasteiger partial charge is 0.346 e. The van der Waals surface area contributed by atoms with Crippen LogP contribution >= 0.6 is 0 Å². The van der Waals surface area contributed by atoms with E-state index in [4.69, 9.17) is 0 Å². The van der Waals surface area contributed by atoms with Gasteiger partial charge in [0.2, 0.25) is 17.6 Å². The Morgan fingerprint density at radius 3 is 2.12 bits per heavy atom. The zero-order valence-electron chi connectivity index (χ0n) is 31.2. The van der Waals surface area contributed by atoms with Crippen LogP contribution in [-0.4, -0.2) is 115 Å². The predicted octanol–water partition coefficient (Wildman–Crippen LogP) is 2.03. The van der Waals surface area contributed by atoms with Crippen LogP contribution in [0.25, 0.3) is 0 Å². The Bertz CT molecular complexity index is 1320. The van der Waals surface area contributed by atoms with E-state index in [2.05, 4.69) is 27.8 Å². The van der Waals surface area contributed by atoms with Crippen molar-refractivity contribution in [3.05, 3.63) is 12.7 Å². The fourth-order valence-electron chi connectivity index (χ4n) is 6.05. The van der Waals surface area contributed by atoms with Crippen LogP contribution in [0.1, 0.15) is 88.0 Å². The summed E-state index contributed by atoms with van der Waals surface area (Å²) in [6.45, 7) is 21.8. The highest BCUT2D eigenvalue weighted by Gasteiger charge is 2.46. The molecule has 0 spiro atoms. The maximum absolute atomic E-state index is 14.4. The first-order valence-corrected chi connectivity index (χ1v) is 18.8. The lowest BCUT2D eigenvalue weighted by Crippen LogP contribution is -2.62. The van der Waals surface area contributed by atoms with E-state index in [1.165, 1.54) is 26.6 Å². The van der Waals surface area contributed by atoms with Gasteiger partial charge in [-0.05, 0) is 41.9 Å². The Morgan fingerprint density at radius 1 is 0.959 bits per heavy atom. The van der Waals surface area contributed by atoms with Gasteiger partial charge in [0.15, 0.2) is 0 Å². The molecular formula is C34H61N7O7S. The highest BCUT2D eigenvalue weighted by atomic mass is 32.2. The van der Waals surface area contributed by atoms with E-state index >= 15 is 0 Å². The number of urea groups is 1. The van der Waals surface area contributed by atoms with E-state index in [-0.39, 0.29) is 37.9 Å². The van der Waals surface area contributed by atoms with Crippen LogP contribution in [0, 0.1) is 22.7 Å². The summed E-state index contributed by atoms with van der Waals surface area (Å²) in [6.07, 6.45) is 3.26. The smallest absolute Gasteiger partial charge is 0.315 e. The molecule has 14 nitrogen and oxygen atoms in total. The second-order valence-electron chi connectivity index (χ2n) is 15.8. The summed E-state index contributed by atoms with van der Waals surface area (Å²) < 4.78 is 28.6. The van der Waals surface area contributed by atoms with Crippen LogP contribution in [0.15, 0.2) is 12.7 Å². The molecule has 2 fully saturated rings. The molecular weight excluding hydrogens is 650 g/mol. The highest BCUT2D eigenvalue weighted by Crippen LogP contribution is 2.32. The monoisotopic (exact) mass is 711 g/mol. The number of nitrogens with one attached hydrogen (secondary N) is 4. The maximum Gasteiger partial charge on any atom is 0.315 e. The fraction of sp³-hybridized carbons (Fsp3) is 0.794. The minimum Gasteiger partial charge on any atom is -0.346 e. The van der Waals surface area contributed by atoms with Gasteiger partial charge in [0.1, 0.15) is 12.1 Å². The standard InChI is InChI=1S/C34H61N7O7S/c1-12-15-24(27(42)30(44)35-16-13-2)36-29(43)25-19-23(22(3)4)20-41(25)31(45)28(34(8,9)10)38-32(46)37-26(33(5,6)7)21-40-18-14-17-39(11)49(40,47)48/h13,22-26,28H,2,12,14-21H2,1,3-11H3,(H,35,44)(H,36,43)(H2,37,38,46)/t23-,24?,25+,26-,28-/m1/s1. The summed E-state index contributed by atoms with van der Waals surface area (Å²) in [5, 5.41) is 11.0. The van der Waals surface area contributed by atoms with Crippen molar-refractivity contribution >= 4 is 39.7 Å². The van der Waals surface area contributed by atoms with E-state index in [1.54, 1.807) is 0 Å². The number of likely N-dealkylation sites (tertiary alicyclic amines) is 1. The summed E-state index contributed by atoms with van der Waals surface area (Å²) in [4.78, 5) is 68.7. The molecule has 1 unspecified atom stereocenters. The molecule has 280 valence electrons. The van der Waals surface area contributed by atoms with E-state index < -0.39 is 74.7 Å². The first-order chi connectivity index (χ1) is 22.6. The lowest BCUT2D eigenvalue weighted by atomic mass is 9.85. The van der Waals surface area contributed by atoms with E-state index in [0.717, 1.165) is 0 Å². The van der Waals surface area contributed by atoms with Crippen molar-refractivity contribution in [1.29, 1.82) is 0 Å². The van der Waals surface area contributed by atoms with Gasteiger partial charge in [-0.2, -0.15) is 17.0 Å². The van der Waals surface area contributed by atoms with Crippen LogP contribution in [-0.2, 0) is 29.4 Å². The van der Waals surface area contributed by atoms with E-state index in [0.29, 0.717) is 32.4 Å². The molecule has 5 amide bonds. The van der Waals surface area contributed by atoms with Gasteiger partial charge in [-0.3, -0.25) is 19.2 Å². The topological polar surface area (TPSA) is 177 Å². The molecule has 49 heavy (non-hydrogen) atoms. The Labute approximate surface area is 293 Å². The van der Waals surface area contributed by atoms with Crippen LogP contribution in [0.2, 0.25) is 0 Å². The third kappa shape index (κ3) is 11.2. The van der Waals surface area contributed by atoms with Crippen molar-refractivity contribution in [1.82, 2.24) is 34.8 Å². The molecule has 0 aromatic heterocycles. The minimum absolute atomic E-state index is 0.0137. The summed E-state index contributed by atoms with van der Waals surface area (Å²) in [5.41, 5.74) is -1.30. The van der Waals surface area contributed by atoms with Gasteiger partial charge in [0.05, 0.1) is 6.04 Å². The van der Waals surface area contributed by atoms with Gasteiger partial charge in [0.25, 0.3) is 16.1 Å². The molecule has 4 N–H and O–H groups in total. The minimum atomic E-state index is -3.67. The van der Waals surface area contributed by atoms with Gasteiger partial charge >= 0.3 is 6.03 Å². The molecule has 0 aromatic carbocycles. The molecule has 0 radical (unpaired) electrons. The lowest BCUT2D eigenvalue weighted by molar-refractivity contribution is -0.143. The quantitative estimate of drug-likeness (QED) is 0.157. The molecule has 2 saturated heterocycles. The summed E-state index contributed by atoms with van der Waals surface area (Å²) in [7, 11) is -2.14. The van der Waals surface area contributed by atoms with Crippen LogP contribution < -0.4 is 21.3 Å². The number of carbonyl (C=O) groups is 5. The molecule has 0 bridgehead atoms. The molecule has 2 aliphatic heterocycles. The average molecular weight is 712 g/mol. The van der Waals surface area contributed by atoms with Gasteiger partial charge in [0, 0.05) is 45.8 Å². The number of ketones is 1. The average Bonchev–Trinajstić information content (AvgIpc) is 3.45. The van der Waals surface area contributed by atoms with Crippen LogP contribution in [0.4, 0.5) is 4.79 Å². The van der Waals surface area contributed by atoms with Crippen molar-refractivity contribution in [2.45, 2.75) is 112 Å². The summed E-state index contributed by atoms with van der Waals surface area (Å²) >= 11 is 0. The summed E-state index contributed by atoms with van der Waals surface area (Å²) in [6, 6.07) is -4.23. The molecule has 5 atom stereocenters. The second-order valence-corrected chi connectivity index (χ2v) is 17.9. The first kappa shape index (κ1) is 42.1. The molecule has 2 aliphatic rings. The fourth-order valence-corrected chi connectivity index (χ4v) is 7.50. The van der Waals surface area contributed by atoms with Gasteiger partial charge in [-0.25, -0.2) is 4.79 Å². The Hall–Kier alpha value is -3.04. The highest BCUT2D eigenvalue weighted by molar-refractivity contribution is 7.86. The molecule has 2 rings (SSSR count). The van der Waals surface area contributed by atoms with Crippen LogP contribution in [0.5, 0.6) is 0 Å². The van der Waals surface area contributed by atoms with Crippen LogP contribution in [0.3, 0.4) is 0 Å². The zero-order chi connectivity index (χ0) is 37.5. The van der Waals surface area contributed by atoms with Crippen molar-refractivity contribution in [3.63, 3.8) is 0 Å². The van der Waals surface area contributed by atoms with Crippen molar-refractivity contribution in [2.75, 3.05) is 39.8 Å². The Kier molecular flexibility index (Phi) is 14.8. The van der Waals surface area contributed by atoms with Gasteiger partial charge < -0.3 is 26.2 Å². The molecule has 0 saturated carbocycles. The number of amides is 5. The Balaban J connectivity index is 2.33.